The minimum Gasteiger partial charge on any atom is -0.480 e. The maximum Gasteiger partial charge on any atom is 0.329 e. The largest absolute Gasteiger partial charge is 0.480 e. The Morgan fingerprint density at radius 1 is 1.28 bits per heavy atom. The standard InChI is InChI=1S/C13H16N2O3/c14-8-10-4-2-1-3-9(10)7-11(16)15-13(5-6-13)12(17)18/h1-4H,5-8,14H2,(H,15,16)(H,17,18). The fourth-order valence-corrected chi connectivity index (χ4v) is 1.93. The molecule has 1 amide bonds. The smallest absolute Gasteiger partial charge is 0.329 e. The van der Waals surface area contributed by atoms with E-state index in [1.54, 1.807) is 0 Å². The minimum absolute atomic E-state index is 0.169. The molecule has 0 bridgehead atoms. The first-order chi connectivity index (χ1) is 8.57. The molecule has 0 aliphatic heterocycles. The van der Waals surface area contributed by atoms with Crippen molar-refractivity contribution in [2.75, 3.05) is 0 Å². The van der Waals surface area contributed by atoms with Crippen molar-refractivity contribution in [3.63, 3.8) is 0 Å². The Balaban J connectivity index is 2.01. The van der Waals surface area contributed by atoms with E-state index in [1.807, 2.05) is 24.3 Å². The number of aliphatic carboxylic acids is 1. The van der Waals surface area contributed by atoms with Crippen molar-refractivity contribution >= 4 is 11.9 Å². The van der Waals surface area contributed by atoms with Gasteiger partial charge in [0, 0.05) is 6.54 Å². The van der Waals surface area contributed by atoms with Gasteiger partial charge in [0.2, 0.25) is 5.91 Å². The van der Waals surface area contributed by atoms with Gasteiger partial charge in [-0.25, -0.2) is 4.79 Å². The van der Waals surface area contributed by atoms with Gasteiger partial charge in [-0.3, -0.25) is 4.79 Å². The molecule has 0 radical (unpaired) electrons. The average molecular weight is 248 g/mol. The van der Waals surface area contributed by atoms with Crippen LogP contribution >= 0.6 is 0 Å². The molecule has 1 fully saturated rings. The van der Waals surface area contributed by atoms with Gasteiger partial charge in [0.05, 0.1) is 6.42 Å². The number of hydrogen-bond acceptors (Lipinski definition) is 3. The molecule has 96 valence electrons. The number of carbonyl (C=O) groups excluding carboxylic acids is 1. The molecule has 0 unspecified atom stereocenters. The molecular weight excluding hydrogens is 232 g/mol. The van der Waals surface area contributed by atoms with E-state index in [2.05, 4.69) is 5.32 Å². The van der Waals surface area contributed by atoms with Gasteiger partial charge in [0.25, 0.3) is 0 Å². The fourth-order valence-electron chi connectivity index (χ4n) is 1.93. The van der Waals surface area contributed by atoms with Gasteiger partial charge < -0.3 is 16.2 Å². The number of hydrogen-bond donors (Lipinski definition) is 3. The van der Waals surface area contributed by atoms with Gasteiger partial charge in [-0.2, -0.15) is 0 Å². The second-order valence-corrected chi connectivity index (χ2v) is 4.59. The predicted octanol–water partition coefficient (Wildman–Crippen LogP) is 0.421. The van der Waals surface area contributed by atoms with Crippen molar-refractivity contribution in [1.29, 1.82) is 0 Å². The highest BCUT2D eigenvalue weighted by Gasteiger charge is 2.51. The molecule has 1 saturated carbocycles. The van der Waals surface area contributed by atoms with Crippen molar-refractivity contribution in [2.45, 2.75) is 31.3 Å². The minimum atomic E-state index is -1.02. The number of carboxylic acids is 1. The highest BCUT2D eigenvalue weighted by atomic mass is 16.4. The number of amides is 1. The number of carboxylic acid groups (broad SMARTS) is 1. The number of nitrogens with one attached hydrogen (secondary N) is 1. The second-order valence-electron chi connectivity index (χ2n) is 4.59. The summed E-state index contributed by atoms with van der Waals surface area (Å²) in [7, 11) is 0. The molecule has 5 nitrogen and oxygen atoms in total. The Hall–Kier alpha value is -1.88. The summed E-state index contributed by atoms with van der Waals surface area (Å²) in [5, 5.41) is 11.6. The number of nitrogens with two attached hydrogens (primary N) is 1. The van der Waals surface area contributed by atoms with E-state index >= 15 is 0 Å². The van der Waals surface area contributed by atoms with Gasteiger partial charge >= 0.3 is 5.97 Å². The Morgan fingerprint density at radius 3 is 2.39 bits per heavy atom. The van der Waals surface area contributed by atoms with Crippen molar-refractivity contribution in [3.05, 3.63) is 35.4 Å². The summed E-state index contributed by atoms with van der Waals surface area (Å²) in [6, 6.07) is 7.41. The van der Waals surface area contributed by atoms with Gasteiger partial charge in [0.15, 0.2) is 0 Å². The van der Waals surface area contributed by atoms with E-state index in [9.17, 15) is 9.59 Å². The van der Waals surface area contributed by atoms with E-state index in [0.29, 0.717) is 19.4 Å². The van der Waals surface area contributed by atoms with Gasteiger partial charge in [-0.05, 0) is 24.0 Å². The molecule has 1 aliphatic carbocycles. The first kappa shape index (κ1) is 12.6. The van der Waals surface area contributed by atoms with Crippen LogP contribution in [0.5, 0.6) is 0 Å². The molecule has 5 heteroatoms. The molecule has 18 heavy (non-hydrogen) atoms. The second kappa shape index (κ2) is 4.78. The normalized spacial score (nSPS) is 16.1. The Bertz CT molecular complexity index is 481. The first-order valence-electron chi connectivity index (χ1n) is 5.89. The SMILES string of the molecule is NCc1ccccc1CC(=O)NC1(C(=O)O)CC1. The zero-order valence-electron chi connectivity index (χ0n) is 9.98. The van der Waals surface area contributed by atoms with Crippen LogP contribution in [0.1, 0.15) is 24.0 Å². The maximum absolute atomic E-state index is 11.8. The topological polar surface area (TPSA) is 92.4 Å². The molecule has 0 heterocycles. The monoisotopic (exact) mass is 248 g/mol. The molecule has 1 aromatic carbocycles. The lowest BCUT2D eigenvalue weighted by Gasteiger charge is -2.13. The van der Waals surface area contributed by atoms with Crippen molar-refractivity contribution in [3.8, 4) is 0 Å². The highest BCUT2D eigenvalue weighted by Crippen LogP contribution is 2.35. The Kier molecular flexibility index (Phi) is 3.34. The summed E-state index contributed by atoms with van der Waals surface area (Å²) in [5.74, 6) is -1.22. The van der Waals surface area contributed by atoms with Crippen molar-refractivity contribution in [1.82, 2.24) is 5.32 Å². The molecule has 2 rings (SSSR count). The summed E-state index contributed by atoms with van der Waals surface area (Å²) in [4.78, 5) is 22.8. The lowest BCUT2D eigenvalue weighted by Crippen LogP contribution is -2.43. The number of carbonyl (C=O) groups is 2. The molecule has 0 spiro atoms. The van der Waals surface area contributed by atoms with Crippen LogP contribution in [0.15, 0.2) is 24.3 Å². The number of benzene rings is 1. The summed E-state index contributed by atoms with van der Waals surface area (Å²) >= 11 is 0. The fraction of sp³-hybridized carbons (Fsp3) is 0.385. The van der Waals surface area contributed by atoms with Crippen molar-refractivity contribution < 1.29 is 14.7 Å². The Morgan fingerprint density at radius 2 is 1.89 bits per heavy atom. The maximum atomic E-state index is 11.8. The van der Waals surface area contributed by atoms with Crippen LogP contribution in [0.2, 0.25) is 0 Å². The molecule has 1 aliphatic rings. The van der Waals surface area contributed by atoms with Crippen LogP contribution in [-0.2, 0) is 22.6 Å². The van der Waals surface area contributed by atoms with Crippen LogP contribution < -0.4 is 11.1 Å². The van der Waals surface area contributed by atoms with E-state index in [1.165, 1.54) is 0 Å². The van der Waals surface area contributed by atoms with Crippen LogP contribution in [0.25, 0.3) is 0 Å². The third-order valence-electron chi connectivity index (χ3n) is 3.23. The van der Waals surface area contributed by atoms with Gasteiger partial charge in [0.1, 0.15) is 5.54 Å². The highest BCUT2D eigenvalue weighted by molar-refractivity contribution is 5.90. The summed E-state index contributed by atoms with van der Waals surface area (Å²) < 4.78 is 0. The molecule has 1 aromatic rings. The number of rotatable bonds is 5. The van der Waals surface area contributed by atoms with Crippen LogP contribution in [-0.4, -0.2) is 22.5 Å². The molecule has 0 aromatic heterocycles. The average Bonchev–Trinajstić information content (AvgIpc) is 3.10. The molecule has 0 atom stereocenters. The van der Waals surface area contributed by atoms with Gasteiger partial charge in [-0.15, -0.1) is 0 Å². The van der Waals surface area contributed by atoms with E-state index < -0.39 is 11.5 Å². The molecular formula is C13H16N2O3. The van der Waals surface area contributed by atoms with Crippen LogP contribution in [0, 0.1) is 0 Å². The summed E-state index contributed by atoms with van der Waals surface area (Å²) in [5.41, 5.74) is 6.33. The molecule has 0 saturated heterocycles. The van der Waals surface area contributed by atoms with Gasteiger partial charge in [-0.1, -0.05) is 24.3 Å². The summed E-state index contributed by atoms with van der Waals surface area (Å²) in [6.45, 7) is 0.369. The predicted molar refractivity (Wildman–Crippen MR) is 65.8 cm³/mol. The quantitative estimate of drug-likeness (QED) is 0.704. The van der Waals surface area contributed by atoms with E-state index in [-0.39, 0.29) is 12.3 Å². The van der Waals surface area contributed by atoms with E-state index in [4.69, 9.17) is 10.8 Å². The third-order valence-corrected chi connectivity index (χ3v) is 3.23. The zero-order valence-corrected chi connectivity index (χ0v) is 9.98. The van der Waals surface area contributed by atoms with Crippen LogP contribution in [0.4, 0.5) is 0 Å². The van der Waals surface area contributed by atoms with E-state index in [0.717, 1.165) is 11.1 Å². The summed E-state index contributed by atoms with van der Waals surface area (Å²) in [6.07, 6.45) is 1.18. The third kappa shape index (κ3) is 2.51. The lowest BCUT2D eigenvalue weighted by atomic mass is 10.0. The van der Waals surface area contributed by atoms with Crippen molar-refractivity contribution in [2.24, 2.45) is 5.73 Å². The lowest BCUT2D eigenvalue weighted by molar-refractivity contribution is -0.143. The first-order valence-corrected chi connectivity index (χ1v) is 5.89. The Labute approximate surface area is 105 Å². The molecule has 4 N–H and O–H groups in total. The zero-order chi connectivity index (χ0) is 13.2. The van der Waals surface area contributed by atoms with Crippen LogP contribution in [0.3, 0.4) is 0 Å².